The average Bonchev–Trinajstić information content (AvgIpc) is 2.80. The summed E-state index contributed by atoms with van der Waals surface area (Å²) < 4.78 is 0. The first kappa shape index (κ1) is 12.0. The van der Waals surface area contributed by atoms with Crippen molar-refractivity contribution in [2.45, 2.75) is 17.1 Å². The second-order valence-corrected chi connectivity index (χ2v) is 5.17. The topological polar surface area (TPSA) is 66.5 Å². The third-order valence-electron chi connectivity index (χ3n) is 2.69. The van der Waals surface area contributed by atoms with E-state index in [9.17, 15) is 0 Å². The molecule has 2 heterocycles. The number of aromatic amines is 1. The molecule has 0 bridgehead atoms. The SMILES string of the molecule is CNc1cncc(Sc2nc3ccc(C)cc3[nH]2)n1. The third-order valence-corrected chi connectivity index (χ3v) is 3.48. The first-order valence-corrected chi connectivity index (χ1v) is 6.70. The lowest BCUT2D eigenvalue weighted by Crippen LogP contribution is -1.94. The smallest absolute Gasteiger partial charge is 0.172 e. The van der Waals surface area contributed by atoms with Gasteiger partial charge in [0.25, 0.3) is 0 Å². The summed E-state index contributed by atoms with van der Waals surface area (Å²) in [5.41, 5.74) is 3.22. The van der Waals surface area contributed by atoms with Crippen LogP contribution in [0.4, 0.5) is 5.82 Å². The highest BCUT2D eigenvalue weighted by molar-refractivity contribution is 7.99. The maximum atomic E-state index is 4.52. The van der Waals surface area contributed by atoms with Gasteiger partial charge >= 0.3 is 0 Å². The number of hydrogen-bond acceptors (Lipinski definition) is 5. The van der Waals surface area contributed by atoms with Crippen molar-refractivity contribution in [3.05, 3.63) is 36.2 Å². The lowest BCUT2D eigenvalue weighted by molar-refractivity contribution is 1.03. The zero-order valence-electron chi connectivity index (χ0n) is 10.6. The molecule has 0 unspecified atom stereocenters. The molecule has 96 valence electrons. The second-order valence-electron chi connectivity index (χ2n) is 4.16. The number of fused-ring (bicyclic) bond motifs is 1. The Labute approximate surface area is 114 Å². The van der Waals surface area contributed by atoms with Crippen molar-refractivity contribution in [1.29, 1.82) is 0 Å². The summed E-state index contributed by atoms with van der Waals surface area (Å²) in [7, 11) is 1.82. The molecule has 0 aliphatic carbocycles. The predicted molar refractivity (Wildman–Crippen MR) is 76.5 cm³/mol. The van der Waals surface area contributed by atoms with Gasteiger partial charge in [0, 0.05) is 7.05 Å². The van der Waals surface area contributed by atoms with Crippen molar-refractivity contribution in [2.24, 2.45) is 0 Å². The second kappa shape index (κ2) is 4.89. The van der Waals surface area contributed by atoms with Crippen molar-refractivity contribution in [2.75, 3.05) is 12.4 Å². The number of nitrogens with one attached hydrogen (secondary N) is 2. The van der Waals surface area contributed by atoms with Gasteiger partial charge in [-0.25, -0.2) is 9.97 Å². The maximum Gasteiger partial charge on any atom is 0.172 e. The van der Waals surface area contributed by atoms with Crippen LogP contribution in [0.25, 0.3) is 11.0 Å². The lowest BCUT2D eigenvalue weighted by Gasteiger charge is -2.00. The number of H-pyrrole nitrogens is 1. The average molecular weight is 271 g/mol. The summed E-state index contributed by atoms with van der Waals surface area (Å²) in [4.78, 5) is 16.3. The third kappa shape index (κ3) is 2.53. The summed E-state index contributed by atoms with van der Waals surface area (Å²) in [6, 6.07) is 6.15. The summed E-state index contributed by atoms with van der Waals surface area (Å²) in [6.45, 7) is 2.06. The molecule has 2 aromatic heterocycles. The van der Waals surface area contributed by atoms with E-state index in [0.29, 0.717) is 0 Å². The van der Waals surface area contributed by atoms with E-state index in [1.807, 2.05) is 13.1 Å². The van der Waals surface area contributed by atoms with Gasteiger partial charge in [-0.15, -0.1) is 0 Å². The first-order chi connectivity index (χ1) is 9.24. The molecule has 1 aromatic carbocycles. The van der Waals surface area contributed by atoms with Crippen LogP contribution in [0.15, 0.2) is 40.8 Å². The van der Waals surface area contributed by atoms with E-state index in [2.05, 4.69) is 44.3 Å². The van der Waals surface area contributed by atoms with Crippen molar-refractivity contribution < 1.29 is 0 Å². The quantitative estimate of drug-likeness (QED) is 0.766. The number of anilines is 1. The van der Waals surface area contributed by atoms with Gasteiger partial charge in [0.1, 0.15) is 10.8 Å². The highest BCUT2D eigenvalue weighted by Gasteiger charge is 2.06. The minimum Gasteiger partial charge on any atom is -0.372 e. The molecule has 0 radical (unpaired) electrons. The monoisotopic (exact) mass is 271 g/mol. The number of aryl methyl sites for hydroxylation is 1. The molecule has 3 aromatic rings. The van der Waals surface area contributed by atoms with Gasteiger partial charge < -0.3 is 10.3 Å². The number of rotatable bonds is 3. The van der Waals surface area contributed by atoms with Crippen molar-refractivity contribution in [1.82, 2.24) is 19.9 Å². The minimum absolute atomic E-state index is 0.747. The van der Waals surface area contributed by atoms with Crippen LogP contribution in [0.2, 0.25) is 0 Å². The Morgan fingerprint density at radius 2 is 2.11 bits per heavy atom. The highest BCUT2D eigenvalue weighted by Crippen LogP contribution is 2.26. The molecular formula is C13H13N5S. The molecule has 2 N–H and O–H groups in total. The molecule has 0 aliphatic rings. The van der Waals surface area contributed by atoms with Gasteiger partial charge in [0.05, 0.1) is 23.4 Å². The number of aromatic nitrogens is 4. The zero-order chi connectivity index (χ0) is 13.2. The number of benzene rings is 1. The minimum atomic E-state index is 0.747. The molecule has 19 heavy (non-hydrogen) atoms. The molecule has 3 rings (SSSR count). The van der Waals surface area contributed by atoms with Gasteiger partial charge in [0.2, 0.25) is 0 Å². The van der Waals surface area contributed by atoms with Gasteiger partial charge in [-0.1, -0.05) is 6.07 Å². The normalized spacial score (nSPS) is 10.8. The van der Waals surface area contributed by atoms with Gasteiger partial charge in [-0.05, 0) is 36.4 Å². The fraction of sp³-hybridized carbons (Fsp3) is 0.154. The van der Waals surface area contributed by atoms with Crippen LogP contribution in [-0.2, 0) is 0 Å². The van der Waals surface area contributed by atoms with E-state index >= 15 is 0 Å². The summed E-state index contributed by atoms with van der Waals surface area (Å²) in [6.07, 6.45) is 3.41. The summed E-state index contributed by atoms with van der Waals surface area (Å²) in [5.74, 6) is 0.747. The van der Waals surface area contributed by atoms with Crippen LogP contribution in [0, 0.1) is 6.92 Å². The van der Waals surface area contributed by atoms with Crippen LogP contribution in [0.3, 0.4) is 0 Å². The van der Waals surface area contributed by atoms with E-state index in [1.165, 1.54) is 17.3 Å². The molecule has 0 fully saturated rings. The van der Waals surface area contributed by atoms with Gasteiger partial charge in [-0.2, -0.15) is 0 Å². The largest absolute Gasteiger partial charge is 0.372 e. The van der Waals surface area contributed by atoms with Crippen LogP contribution in [-0.4, -0.2) is 27.0 Å². The molecule has 0 aliphatic heterocycles. The van der Waals surface area contributed by atoms with E-state index < -0.39 is 0 Å². The lowest BCUT2D eigenvalue weighted by atomic mass is 10.2. The molecule has 0 saturated carbocycles. The molecule has 0 atom stereocenters. The Bertz CT molecular complexity index is 722. The Hall–Kier alpha value is -2.08. The van der Waals surface area contributed by atoms with Gasteiger partial charge in [-0.3, -0.25) is 4.98 Å². The van der Waals surface area contributed by atoms with Gasteiger partial charge in [0.15, 0.2) is 5.16 Å². The highest BCUT2D eigenvalue weighted by atomic mass is 32.2. The van der Waals surface area contributed by atoms with Crippen molar-refractivity contribution >= 4 is 28.6 Å². The molecule has 6 heteroatoms. The summed E-state index contributed by atoms with van der Waals surface area (Å²) in [5, 5.41) is 4.60. The van der Waals surface area contributed by atoms with Crippen LogP contribution in [0.1, 0.15) is 5.56 Å². The number of imidazole rings is 1. The van der Waals surface area contributed by atoms with E-state index in [0.717, 1.165) is 27.0 Å². The van der Waals surface area contributed by atoms with E-state index in [1.54, 1.807) is 12.4 Å². The Kier molecular flexibility index (Phi) is 3.08. The van der Waals surface area contributed by atoms with Crippen LogP contribution >= 0.6 is 11.8 Å². The zero-order valence-corrected chi connectivity index (χ0v) is 11.5. The molecular weight excluding hydrogens is 258 g/mol. The standard InChI is InChI=1S/C13H13N5S/c1-8-3-4-9-10(5-8)17-13(16-9)19-12-7-15-6-11(14-2)18-12/h3-7H,1-2H3,(H,14,18)(H,16,17). The Morgan fingerprint density at radius 3 is 2.95 bits per heavy atom. The molecule has 0 spiro atoms. The Balaban J connectivity index is 1.92. The van der Waals surface area contributed by atoms with Crippen molar-refractivity contribution in [3.8, 4) is 0 Å². The molecule has 0 amide bonds. The number of nitrogens with zero attached hydrogens (tertiary/aromatic N) is 3. The van der Waals surface area contributed by atoms with E-state index in [-0.39, 0.29) is 0 Å². The fourth-order valence-electron chi connectivity index (χ4n) is 1.77. The number of hydrogen-bond donors (Lipinski definition) is 2. The molecule has 0 saturated heterocycles. The first-order valence-electron chi connectivity index (χ1n) is 5.88. The predicted octanol–water partition coefficient (Wildman–Crippen LogP) is 2.85. The van der Waals surface area contributed by atoms with Crippen molar-refractivity contribution in [3.63, 3.8) is 0 Å². The Morgan fingerprint density at radius 1 is 1.21 bits per heavy atom. The van der Waals surface area contributed by atoms with E-state index in [4.69, 9.17) is 0 Å². The maximum absolute atomic E-state index is 4.52. The fourth-order valence-corrected chi connectivity index (χ4v) is 2.53. The molecule has 5 nitrogen and oxygen atoms in total. The van der Waals surface area contributed by atoms with Crippen LogP contribution in [0.5, 0.6) is 0 Å². The van der Waals surface area contributed by atoms with Crippen LogP contribution < -0.4 is 5.32 Å². The summed E-state index contributed by atoms with van der Waals surface area (Å²) >= 11 is 1.47.